The summed E-state index contributed by atoms with van der Waals surface area (Å²) in [5, 5.41) is 2.26. The van der Waals surface area contributed by atoms with Crippen LogP contribution in [0.15, 0.2) is 102 Å². The quantitative estimate of drug-likeness (QED) is 0.188. The Morgan fingerprint density at radius 2 is 1.44 bits per heavy atom. The minimum absolute atomic E-state index is 0. The third-order valence-electron chi connectivity index (χ3n) is 5.42. The van der Waals surface area contributed by atoms with Crippen LogP contribution >= 0.6 is 0 Å². The summed E-state index contributed by atoms with van der Waals surface area (Å²) in [5.74, 6) is 0. The van der Waals surface area contributed by atoms with Crippen molar-refractivity contribution in [2.75, 3.05) is 0 Å². The molecular weight excluding hydrogens is 597 g/mol. The first kappa shape index (κ1) is 23.6. The van der Waals surface area contributed by atoms with Crippen molar-refractivity contribution >= 4 is 21.9 Å². The minimum atomic E-state index is 0. The Kier molecular flexibility index (Phi) is 7.32. The Morgan fingerprint density at radius 3 is 2.12 bits per heavy atom. The zero-order chi connectivity index (χ0) is 22.6. The molecule has 34 heavy (non-hydrogen) atoms. The molecule has 0 atom stereocenters. The number of fused-ring (bicyclic) bond motifs is 3. The fourth-order valence-electron chi connectivity index (χ4n) is 3.74. The maximum Gasteiger partial charge on any atom is 0.120 e. The van der Waals surface area contributed by atoms with E-state index in [2.05, 4.69) is 54.1 Å². The van der Waals surface area contributed by atoms with E-state index >= 15 is 0 Å². The Balaban J connectivity index is 0.000000171. The van der Waals surface area contributed by atoms with Crippen LogP contribution in [0.3, 0.4) is 0 Å². The first-order valence-corrected chi connectivity index (χ1v) is 10.8. The Hall–Kier alpha value is -3.59. The van der Waals surface area contributed by atoms with Gasteiger partial charge in [0.1, 0.15) is 5.58 Å². The molecule has 0 fully saturated rings. The molecule has 1 radical (unpaired) electrons. The van der Waals surface area contributed by atoms with Crippen molar-refractivity contribution < 1.29 is 24.5 Å². The van der Waals surface area contributed by atoms with E-state index in [9.17, 15) is 0 Å². The monoisotopic (exact) mass is 619 g/mol. The summed E-state index contributed by atoms with van der Waals surface area (Å²) in [6.07, 6.45) is 3.58. The number of hydrogen-bond acceptors (Lipinski definition) is 3. The summed E-state index contributed by atoms with van der Waals surface area (Å²) in [5.41, 5.74) is 8.03. The number of nitrogens with zero attached hydrogens (tertiary/aromatic N) is 2. The predicted octanol–water partition coefficient (Wildman–Crippen LogP) is 7.61. The average Bonchev–Trinajstić information content (AvgIpc) is 3.24. The number of aromatic nitrogens is 2. The summed E-state index contributed by atoms with van der Waals surface area (Å²) in [6.45, 7) is 4.14. The fraction of sp³-hybridized carbons (Fsp3) is 0.0667. The fourth-order valence-corrected chi connectivity index (χ4v) is 3.74. The van der Waals surface area contributed by atoms with E-state index in [0.29, 0.717) is 0 Å². The molecule has 0 N–H and O–H groups in total. The molecule has 6 aromatic rings. The zero-order valence-electron chi connectivity index (χ0n) is 18.9. The van der Waals surface area contributed by atoms with Gasteiger partial charge in [0.05, 0.1) is 5.58 Å². The van der Waals surface area contributed by atoms with E-state index in [4.69, 9.17) is 4.42 Å². The van der Waals surface area contributed by atoms with Crippen LogP contribution in [-0.2, 0) is 20.1 Å². The Labute approximate surface area is 212 Å². The van der Waals surface area contributed by atoms with Crippen molar-refractivity contribution in [3.05, 3.63) is 121 Å². The molecule has 169 valence electrons. The third-order valence-corrected chi connectivity index (χ3v) is 5.42. The summed E-state index contributed by atoms with van der Waals surface area (Å²) in [4.78, 5) is 8.64. The molecule has 3 aromatic heterocycles. The Bertz CT molecular complexity index is 1510. The van der Waals surface area contributed by atoms with Gasteiger partial charge in [-0.05, 0) is 42.6 Å². The normalized spacial score (nSPS) is 10.4. The summed E-state index contributed by atoms with van der Waals surface area (Å²) in [7, 11) is 0. The number of furan rings is 1. The molecular formula is C30H22IrN2O-2. The van der Waals surface area contributed by atoms with Crippen LogP contribution in [0, 0.1) is 26.0 Å². The van der Waals surface area contributed by atoms with Gasteiger partial charge in [-0.2, -0.15) is 0 Å². The molecule has 0 spiro atoms. The molecule has 0 amide bonds. The maximum atomic E-state index is 6.02. The third kappa shape index (κ3) is 4.99. The van der Waals surface area contributed by atoms with Crippen LogP contribution < -0.4 is 0 Å². The van der Waals surface area contributed by atoms with Crippen LogP contribution in [-0.4, -0.2) is 9.97 Å². The molecule has 4 heteroatoms. The van der Waals surface area contributed by atoms with Crippen molar-refractivity contribution in [2.24, 2.45) is 0 Å². The molecule has 0 bridgehead atoms. The standard InChI is InChI=1S/C18H12NO.C12H10N.Ir/c1-12-8-9-17-15(11-12)13-5-4-6-14(18(13)20-17)16-7-2-3-10-19-16;1-10-5-7-11(8-6-10)12-4-2-3-9-13-12;/h2-5,7-11H,1H3;2-7,9H,1H3;/q2*-1;. The van der Waals surface area contributed by atoms with Gasteiger partial charge in [-0.25, -0.2) is 0 Å². The van der Waals surface area contributed by atoms with Gasteiger partial charge < -0.3 is 14.4 Å². The van der Waals surface area contributed by atoms with Crippen LogP contribution in [0.4, 0.5) is 0 Å². The van der Waals surface area contributed by atoms with Crippen molar-refractivity contribution in [3.8, 4) is 22.5 Å². The van der Waals surface area contributed by atoms with Crippen molar-refractivity contribution in [2.45, 2.75) is 13.8 Å². The SMILES string of the molecule is Cc1c[c-]c(-c2ccccn2)cc1.Cc1ccc2oc3c(-c4ccccn4)[c-]ccc3c2c1.[Ir]. The summed E-state index contributed by atoms with van der Waals surface area (Å²) in [6, 6.07) is 34.5. The number of benzene rings is 3. The molecule has 0 aliphatic heterocycles. The number of pyridine rings is 2. The van der Waals surface area contributed by atoms with Crippen molar-refractivity contribution in [1.29, 1.82) is 0 Å². The van der Waals surface area contributed by atoms with E-state index in [1.165, 1.54) is 11.1 Å². The van der Waals surface area contributed by atoms with Gasteiger partial charge in [0.25, 0.3) is 0 Å². The van der Waals surface area contributed by atoms with E-state index in [0.717, 1.165) is 44.5 Å². The van der Waals surface area contributed by atoms with E-state index in [1.54, 1.807) is 12.4 Å². The second-order valence-corrected chi connectivity index (χ2v) is 7.91. The predicted molar refractivity (Wildman–Crippen MR) is 134 cm³/mol. The number of aryl methyl sites for hydroxylation is 2. The molecule has 6 rings (SSSR count). The van der Waals surface area contributed by atoms with Crippen molar-refractivity contribution in [3.63, 3.8) is 0 Å². The summed E-state index contributed by atoms with van der Waals surface area (Å²) >= 11 is 0. The van der Waals surface area contributed by atoms with Gasteiger partial charge in [0.2, 0.25) is 0 Å². The van der Waals surface area contributed by atoms with Crippen LogP contribution in [0.25, 0.3) is 44.5 Å². The van der Waals surface area contributed by atoms with Crippen LogP contribution in [0.5, 0.6) is 0 Å². The molecule has 0 aliphatic rings. The number of rotatable bonds is 2. The van der Waals surface area contributed by atoms with Crippen LogP contribution in [0.2, 0.25) is 0 Å². The molecule has 3 nitrogen and oxygen atoms in total. The second-order valence-electron chi connectivity index (χ2n) is 7.91. The molecule has 0 saturated carbocycles. The topological polar surface area (TPSA) is 38.9 Å². The van der Waals surface area contributed by atoms with Crippen molar-refractivity contribution in [1.82, 2.24) is 9.97 Å². The molecule has 0 unspecified atom stereocenters. The molecule has 0 aliphatic carbocycles. The van der Waals surface area contributed by atoms with E-state index < -0.39 is 0 Å². The minimum Gasteiger partial charge on any atom is -0.501 e. The largest absolute Gasteiger partial charge is 0.501 e. The molecule has 3 heterocycles. The van der Waals surface area contributed by atoms with Gasteiger partial charge in [-0.15, -0.1) is 53.6 Å². The van der Waals surface area contributed by atoms with Gasteiger partial charge in [-0.3, -0.25) is 0 Å². The van der Waals surface area contributed by atoms with Gasteiger partial charge in [0.15, 0.2) is 0 Å². The van der Waals surface area contributed by atoms with Gasteiger partial charge >= 0.3 is 0 Å². The van der Waals surface area contributed by atoms with Gasteiger partial charge in [-0.1, -0.05) is 53.8 Å². The maximum absolute atomic E-state index is 6.02. The molecule has 0 saturated heterocycles. The average molecular weight is 619 g/mol. The van der Waals surface area contributed by atoms with Crippen LogP contribution in [0.1, 0.15) is 11.1 Å². The Morgan fingerprint density at radius 1 is 0.706 bits per heavy atom. The van der Waals surface area contributed by atoms with E-state index in [1.807, 2.05) is 66.7 Å². The second kappa shape index (κ2) is 10.6. The zero-order valence-corrected chi connectivity index (χ0v) is 21.3. The first-order valence-electron chi connectivity index (χ1n) is 10.8. The number of hydrogen-bond donors (Lipinski definition) is 0. The molecule has 3 aromatic carbocycles. The summed E-state index contributed by atoms with van der Waals surface area (Å²) < 4.78 is 6.02. The smallest absolute Gasteiger partial charge is 0.120 e. The van der Waals surface area contributed by atoms with E-state index in [-0.39, 0.29) is 20.1 Å². The first-order chi connectivity index (χ1) is 16.2. The van der Waals surface area contributed by atoms with Gasteiger partial charge in [0, 0.05) is 37.9 Å².